The molecular weight excluding hydrogens is 360 g/mol. The molecule has 1 aromatic carbocycles. The lowest BCUT2D eigenvalue weighted by Gasteiger charge is -2.32. The van der Waals surface area contributed by atoms with Crippen LogP contribution in [0.25, 0.3) is 5.65 Å². The molecule has 0 radical (unpaired) electrons. The van der Waals surface area contributed by atoms with Gasteiger partial charge in [0.25, 0.3) is 0 Å². The number of rotatable bonds is 5. The first kappa shape index (κ1) is 18.1. The van der Waals surface area contributed by atoms with Gasteiger partial charge in [-0.25, -0.2) is 4.98 Å². The predicted octanol–water partition coefficient (Wildman–Crippen LogP) is 3.18. The minimum atomic E-state index is -0.697. The fourth-order valence-corrected chi connectivity index (χ4v) is 3.66. The van der Waals surface area contributed by atoms with Gasteiger partial charge in [-0.1, -0.05) is 36.4 Å². The largest absolute Gasteiger partial charge is 0.376 e. The Hall–Kier alpha value is -3.26. The van der Waals surface area contributed by atoms with Crippen molar-refractivity contribution in [1.82, 2.24) is 9.38 Å². The second-order valence-electron chi connectivity index (χ2n) is 6.79. The number of benzene rings is 1. The molecule has 1 N–H and O–H groups in total. The van der Waals surface area contributed by atoms with E-state index < -0.39 is 16.2 Å². The van der Waals surface area contributed by atoms with Crippen LogP contribution >= 0.6 is 0 Å². The van der Waals surface area contributed by atoms with Gasteiger partial charge in [-0.05, 0) is 30.5 Å². The van der Waals surface area contributed by atoms with Crippen LogP contribution in [0.15, 0.2) is 59.5 Å². The van der Waals surface area contributed by atoms with E-state index in [9.17, 15) is 14.9 Å². The molecule has 144 valence electrons. The summed E-state index contributed by atoms with van der Waals surface area (Å²) in [5.74, 6) is 0.116. The third-order valence-electron chi connectivity index (χ3n) is 5.00. The monoisotopic (exact) mass is 380 g/mol. The van der Waals surface area contributed by atoms with E-state index in [2.05, 4.69) is 10.3 Å². The standard InChI is InChI=1S/C20H20N4O4/c25-20-17(24(26)27)19(22-16-10-4-5-11-23(16)20)21-13-15-9-6-12-28-18(15)14-7-2-1-3-8-14/h1-5,7-8,10-11,15,18,21H,6,9,12-13H2. The molecule has 0 saturated carbocycles. The lowest BCUT2D eigenvalue weighted by Crippen LogP contribution is -2.29. The minimum Gasteiger partial charge on any atom is -0.373 e. The molecule has 2 aromatic heterocycles. The number of aromatic nitrogens is 2. The van der Waals surface area contributed by atoms with Crippen LogP contribution in [0.4, 0.5) is 11.5 Å². The van der Waals surface area contributed by atoms with Crippen LogP contribution in [-0.4, -0.2) is 27.5 Å². The number of pyridine rings is 1. The first-order valence-corrected chi connectivity index (χ1v) is 9.21. The Morgan fingerprint density at radius 1 is 1.21 bits per heavy atom. The minimum absolute atomic E-state index is 0.00131. The van der Waals surface area contributed by atoms with E-state index in [1.165, 1.54) is 10.6 Å². The van der Waals surface area contributed by atoms with Gasteiger partial charge in [0.1, 0.15) is 5.65 Å². The Kier molecular flexibility index (Phi) is 5.03. The topological polar surface area (TPSA) is 98.8 Å². The molecule has 2 unspecified atom stereocenters. The molecule has 28 heavy (non-hydrogen) atoms. The summed E-state index contributed by atoms with van der Waals surface area (Å²) in [4.78, 5) is 27.7. The quantitative estimate of drug-likeness (QED) is 0.539. The van der Waals surface area contributed by atoms with Gasteiger partial charge in [-0.2, -0.15) is 0 Å². The van der Waals surface area contributed by atoms with E-state index in [4.69, 9.17) is 4.74 Å². The summed E-state index contributed by atoms with van der Waals surface area (Å²) in [6.07, 6.45) is 3.23. The van der Waals surface area contributed by atoms with Crippen molar-refractivity contribution in [2.45, 2.75) is 18.9 Å². The van der Waals surface area contributed by atoms with Crippen LogP contribution in [-0.2, 0) is 4.74 Å². The maximum absolute atomic E-state index is 12.5. The fraction of sp³-hybridized carbons (Fsp3) is 0.300. The van der Waals surface area contributed by atoms with Gasteiger partial charge in [-0.15, -0.1) is 0 Å². The third-order valence-corrected chi connectivity index (χ3v) is 5.00. The Morgan fingerprint density at radius 3 is 2.79 bits per heavy atom. The van der Waals surface area contributed by atoms with Gasteiger partial charge in [0, 0.05) is 25.3 Å². The zero-order valence-corrected chi connectivity index (χ0v) is 15.2. The number of ether oxygens (including phenoxy) is 1. The first-order chi connectivity index (χ1) is 13.6. The molecular formula is C20H20N4O4. The summed E-state index contributed by atoms with van der Waals surface area (Å²) in [5.41, 5.74) is 0.199. The van der Waals surface area contributed by atoms with Gasteiger partial charge < -0.3 is 10.1 Å². The van der Waals surface area contributed by atoms with E-state index in [1.807, 2.05) is 30.3 Å². The molecule has 0 spiro atoms. The third kappa shape index (κ3) is 3.46. The van der Waals surface area contributed by atoms with Crippen molar-refractivity contribution in [1.29, 1.82) is 0 Å². The van der Waals surface area contributed by atoms with Crippen LogP contribution in [0.2, 0.25) is 0 Å². The molecule has 0 amide bonds. The number of hydrogen-bond acceptors (Lipinski definition) is 6. The van der Waals surface area contributed by atoms with Crippen LogP contribution in [0.1, 0.15) is 24.5 Å². The Labute approximate surface area is 160 Å². The summed E-state index contributed by atoms with van der Waals surface area (Å²) in [7, 11) is 0. The smallest absolute Gasteiger partial charge is 0.373 e. The Bertz CT molecular complexity index is 1050. The van der Waals surface area contributed by atoms with Crippen molar-refractivity contribution in [2.24, 2.45) is 5.92 Å². The highest BCUT2D eigenvalue weighted by Crippen LogP contribution is 2.34. The molecule has 1 saturated heterocycles. The molecule has 1 aliphatic heterocycles. The first-order valence-electron chi connectivity index (χ1n) is 9.21. The lowest BCUT2D eigenvalue weighted by atomic mass is 9.89. The molecule has 3 aromatic rings. The second kappa shape index (κ2) is 7.77. The second-order valence-corrected chi connectivity index (χ2v) is 6.79. The van der Waals surface area contributed by atoms with E-state index >= 15 is 0 Å². The molecule has 2 atom stereocenters. The molecule has 8 nitrogen and oxygen atoms in total. The molecule has 0 aliphatic carbocycles. The van der Waals surface area contributed by atoms with Gasteiger partial charge in [0.05, 0.1) is 11.0 Å². The molecule has 8 heteroatoms. The summed E-state index contributed by atoms with van der Waals surface area (Å²) in [6.45, 7) is 1.11. The highest BCUT2D eigenvalue weighted by Gasteiger charge is 2.29. The Balaban J connectivity index is 1.63. The van der Waals surface area contributed by atoms with Crippen molar-refractivity contribution in [2.75, 3.05) is 18.5 Å². The van der Waals surface area contributed by atoms with Crippen molar-refractivity contribution >= 4 is 17.2 Å². The van der Waals surface area contributed by atoms with Gasteiger partial charge >= 0.3 is 11.2 Å². The average molecular weight is 380 g/mol. The van der Waals surface area contributed by atoms with Crippen LogP contribution in [0, 0.1) is 16.0 Å². The number of anilines is 1. The number of nitrogens with one attached hydrogen (secondary N) is 1. The van der Waals surface area contributed by atoms with E-state index in [1.54, 1.807) is 18.2 Å². The SMILES string of the molecule is O=c1c([N+](=O)[O-])c(NCC2CCCOC2c2ccccc2)nc2ccccn12. The van der Waals surface area contributed by atoms with Gasteiger partial charge in [0.2, 0.25) is 5.82 Å². The molecule has 1 fully saturated rings. The van der Waals surface area contributed by atoms with Gasteiger partial charge in [0.15, 0.2) is 0 Å². The van der Waals surface area contributed by atoms with Crippen molar-refractivity contribution in [3.63, 3.8) is 0 Å². The zero-order chi connectivity index (χ0) is 19.5. The van der Waals surface area contributed by atoms with Crippen LogP contribution < -0.4 is 10.9 Å². The molecule has 4 rings (SSSR count). The molecule has 0 bridgehead atoms. The summed E-state index contributed by atoms with van der Waals surface area (Å²) >= 11 is 0. The normalized spacial score (nSPS) is 19.4. The zero-order valence-electron chi connectivity index (χ0n) is 15.2. The number of fused-ring (bicyclic) bond motifs is 1. The predicted molar refractivity (Wildman–Crippen MR) is 104 cm³/mol. The van der Waals surface area contributed by atoms with Crippen molar-refractivity contribution in [3.8, 4) is 0 Å². The summed E-state index contributed by atoms with van der Waals surface area (Å²) < 4.78 is 7.16. The molecule has 1 aliphatic rings. The number of nitro groups is 1. The highest BCUT2D eigenvalue weighted by molar-refractivity contribution is 5.59. The average Bonchev–Trinajstić information content (AvgIpc) is 2.73. The summed E-state index contributed by atoms with van der Waals surface area (Å²) in [6, 6.07) is 14.9. The highest BCUT2D eigenvalue weighted by atomic mass is 16.6. The van der Waals surface area contributed by atoms with E-state index in [0.29, 0.717) is 18.8 Å². The van der Waals surface area contributed by atoms with Crippen molar-refractivity contribution < 1.29 is 9.66 Å². The van der Waals surface area contributed by atoms with Crippen LogP contribution in [0.5, 0.6) is 0 Å². The molecule has 3 heterocycles. The summed E-state index contributed by atoms with van der Waals surface area (Å²) in [5, 5.41) is 14.6. The van der Waals surface area contributed by atoms with Gasteiger partial charge in [-0.3, -0.25) is 19.3 Å². The fourth-order valence-electron chi connectivity index (χ4n) is 3.66. The number of nitrogens with zero attached hydrogens (tertiary/aromatic N) is 3. The van der Waals surface area contributed by atoms with Crippen molar-refractivity contribution in [3.05, 3.63) is 80.8 Å². The van der Waals surface area contributed by atoms with E-state index in [-0.39, 0.29) is 17.8 Å². The van der Waals surface area contributed by atoms with Crippen LogP contribution in [0.3, 0.4) is 0 Å². The van der Waals surface area contributed by atoms with E-state index in [0.717, 1.165) is 18.4 Å². The maximum Gasteiger partial charge on any atom is 0.376 e. The number of hydrogen-bond donors (Lipinski definition) is 1. The Morgan fingerprint density at radius 2 is 2.00 bits per heavy atom. The maximum atomic E-state index is 12.5. The lowest BCUT2D eigenvalue weighted by molar-refractivity contribution is -0.385.